The van der Waals surface area contributed by atoms with Gasteiger partial charge in [0.15, 0.2) is 0 Å². The summed E-state index contributed by atoms with van der Waals surface area (Å²) in [7, 11) is 0. The molecule has 152 valence electrons. The Morgan fingerprint density at radius 3 is 1.85 bits per heavy atom. The first-order chi connectivity index (χ1) is 12.3. The molecule has 3 nitrogen and oxygen atoms in total. The first-order valence-electron chi connectivity index (χ1n) is 7.56. The van der Waals surface area contributed by atoms with Gasteiger partial charge in [-0.05, 0) is 12.1 Å². The molecule has 1 saturated heterocycles. The number of rotatable bonds is 4. The molecular weight excluding hydrogens is 428 g/mol. The Labute approximate surface area is 159 Å². The van der Waals surface area contributed by atoms with Crippen molar-refractivity contribution in [3.8, 4) is 0 Å². The molecule has 0 aliphatic carbocycles. The van der Waals surface area contributed by atoms with Crippen molar-refractivity contribution >= 4 is 29.1 Å². The van der Waals surface area contributed by atoms with E-state index in [0.29, 0.717) is 20.5 Å². The molecule has 0 saturated carbocycles. The van der Waals surface area contributed by atoms with Gasteiger partial charge in [-0.1, -0.05) is 29.3 Å². The van der Waals surface area contributed by atoms with Crippen molar-refractivity contribution in [2.75, 3.05) is 26.2 Å². The monoisotopic (exact) mass is 440 g/mol. The van der Waals surface area contributed by atoms with E-state index in [1.165, 1.54) is 0 Å². The van der Waals surface area contributed by atoms with E-state index >= 15 is 0 Å². The van der Waals surface area contributed by atoms with Crippen molar-refractivity contribution in [1.29, 1.82) is 0 Å². The van der Waals surface area contributed by atoms with E-state index in [0.717, 1.165) is 0 Å². The van der Waals surface area contributed by atoms with Crippen LogP contribution in [-0.2, 0) is 11.3 Å². The Morgan fingerprint density at radius 1 is 0.926 bits per heavy atom. The van der Waals surface area contributed by atoms with Gasteiger partial charge in [-0.15, -0.1) is 0 Å². The summed E-state index contributed by atoms with van der Waals surface area (Å²) in [5.74, 6) is -14.9. The third-order valence-electron chi connectivity index (χ3n) is 4.12. The van der Waals surface area contributed by atoms with E-state index in [1.807, 2.05) is 0 Å². The van der Waals surface area contributed by atoms with Crippen LogP contribution in [0.2, 0.25) is 10.0 Å². The summed E-state index contributed by atoms with van der Waals surface area (Å²) in [5, 5.41) is 0.717. The minimum atomic E-state index is -6.55. The first kappa shape index (κ1) is 22.0. The quantitative estimate of drug-likeness (QED) is 0.644. The predicted octanol–water partition coefficient (Wildman–Crippen LogP) is 4.47. The second kappa shape index (κ2) is 7.63. The molecule has 1 aromatic rings. The maximum atomic E-state index is 13.5. The highest BCUT2D eigenvalue weighted by Gasteiger charge is 2.76. The highest BCUT2D eigenvalue weighted by Crippen LogP contribution is 2.47. The van der Waals surface area contributed by atoms with Gasteiger partial charge in [0.1, 0.15) is 0 Å². The Balaban J connectivity index is 2.04. The zero-order chi connectivity index (χ0) is 20.6. The van der Waals surface area contributed by atoms with Crippen LogP contribution in [0.1, 0.15) is 5.56 Å². The molecule has 1 amide bonds. The Kier molecular flexibility index (Phi) is 6.23. The summed E-state index contributed by atoms with van der Waals surface area (Å²) in [5.41, 5.74) is 0.551. The number of carbonyl (C=O) groups is 1. The first-order valence-corrected chi connectivity index (χ1v) is 8.31. The number of hydrogen-bond acceptors (Lipinski definition) is 2. The number of nitrogens with zero attached hydrogens (tertiary/aromatic N) is 2. The number of alkyl halides is 7. The fourth-order valence-corrected chi connectivity index (χ4v) is 3.04. The van der Waals surface area contributed by atoms with Gasteiger partial charge >= 0.3 is 18.0 Å². The smallest absolute Gasteiger partial charge is 0.335 e. The van der Waals surface area contributed by atoms with Crippen LogP contribution in [0.3, 0.4) is 0 Å². The van der Waals surface area contributed by atoms with Gasteiger partial charge in [0.2, 0.25) is 0 Å². The third kappa shape index (κ3) is 4.27. The van der Waals surface area contributed by atoms with Crippen LogP contribution in [-0.4, -0.2) is 59.9 Å². The Hall–Kier alpha value is -1.26. The number of hydrogen-bond donors (Lipinski definition) is 0. The lowest BCUT2D eigenvalue weighted by Crippen LogP contribution is -2.62. The molecule has 1 fully saturated rings. The van der Waals surface area contributed by atoms with E-state index in [1.54, 1.807) is 23.1 Å². The topological polar surface area (TPSA) is 23.6 Å². The second-order valence-corrected chi connectivity index (χ2v) is 6.73. The van der Waals surface area contributed by atoms with Crippen molar-refractivity contribution in [3.05, 3.63) is 33.8 Å². The Bertz CT molecular complexity index is 684. The maximum Gasteiger partial charge on any atom is 0.460 e. The fraction of sp³-hybridized carbons (Fsp3) is 0.533. The minimum Gasteiger partial charge on any atom is -0.335 e. The van der Waals surface area contributed by atoms with Crippen LogP contribution in [0.4, 0.5) is 30.7 Å². The standard InChI is InChI=1S/C15H13Cl2F7N2O/c16-10-2-1-3-11(17)9(10)8-25-4-6-26(7-5-25)12(27)13(18,19)14(20,21)15(22,23)24/h1-3H,4-8H2. The van der Waals surface area contributed by atoms with E-state index in [9.17, 15) is 35.5 Å². The van der Waals surface area contributed by atoms with Crippen LogP contribution in [0.25, 0.3) is 0 Å². The van der Waals surface area contributed by atoms with Gasteiger partial charge in [-0.2, -0.15) is 30.7 Å². The molecule has 1 heterocycles. The van der Waals surface area contributed by atoms with Crippen LogP contribution < -0.4 is 0 Å². The average molecular weight is 441 g/mol. The third-order valence-corrected chi connectivity index (χ3v) is 4.83. The van der Waals surface area contributed by atoms with E-state index in [2.05, 4.69) is 0 Å². The molecule has 2 rings (SSSR count). The molecule has 1 aliphatic rings. The lowest BCUT2D eigenvalue weighted by atomic mass is 10.1. The van der Waals surface area contributed by atoms with Crippen molar-refractivity contribution in [3.63, 3.8) is 0 Å². The predicted molar refractivity (Wildman–Crippen MR) is 84.3 cm³/mol. The molecule has 0 atom stereocenters. The van der Waals surface area contributed by atoms with Gasteiger partial charge in [-0.25, -0.2) is 0 Å². The number of piperazine rings is 1. The van der Waals surface area contributed by atoms with Crippen LogP contribution in [0, 0.1) is 0 Å². The molecule has 0 unspecified atom stereocenters. The molecular formula is C15H13Cl2F7N2O. The van der Waals surface area contributed by atoms with E-state index in [-0.39, 0.29) is 19.6 Å². The van der Waals surface area contributed by atoms with Gasteiger partial charge < -0.3 is 4.90 Å². The van der Waals surface area contributed by atoms with Crippen molar-refractivity contribution in [2.24, 2.45) is 0 Å². The summed E-state index contributed by atoms with van der Waals surface area (Å²) >= 11 is 12.0. The normalized spacial score (nSPS) is 17.3. The van der Waals surface area contributed by atoms with Crippen molar-refractivity contribution in [2.45, 2.75) is 24.6 Å². The summed E-state index contributed by atoms with van der Waals surface area (Å²) in [6, 6.07) is 4.79. The molecule has 0 spiro atoms. The number of carbonyl (C=O) groups excluding carboxylic acids is 1. The minimum absolute atomic E-state index is 0.0268. The lowest BCUT2D eigenvalue weighted by Gasteiger charge is -2.37. The molecule has 27 heavy (non-hydrogen) atoms. The Morgan fingerprint density at radius 2 is 1.41 bits per heavy atom. The second-order valence-electron chi connectivity index (χ2n) is 5.92. The summed E-state index contributed by atoms with van der Waals surface area (Å²) in [6.07, 6.45) is -6.55. The van der Waals surface area contributed by atoms with Crippen LogP contribution >= 0.6 is 23.2 Å². The summed E-state index contributed by atoms with van der Waals surface area (Å²) < 4.78 is 89.6. The average Bonchev–Trinajstić information content (AvgIpc) is 2.57. The van der Waals surface area contributed by atoms with Gasteiger partial charge in [0.25, 0.3) is 5.91 Å². The number of halogens is 9. The van der Waals surface area contributed by atoms with Gasteiger partial charge in [0.05, 0.1) is 0 Å². The molecule has 0 radical (unpaired) electrons. The largest absolute Gasteiger partial charge is 0.460 e. The summed E-state index contributed by atoms with van der Waals surface area (Å²) in [6.45, 7) is -0.730. The van der Waals surface area contributed by atoms with Crippen molar-refractivity contribution in [1.82, 2.24) is 9.80 Å². The van der Waals surface area contributed by atoms with E-state index in [4.69, 9.17) is 23.2 Å². The number of benzene rings is 1. The lowest BCUT2D eigenvalue weighted by molar-refractivity contribution is -0.346. The maximum absolute atomic E-state index is 13.5. The molecule has 0 aromatic heterocycles. The fourth-order valence-electron chi connectivity index (χ4n) is 2.53. The molecule has 1 aliphatic heterocycles. The van der Waals surface area contributed by atoms with Crippen LogP contribution in [0.15, 0.2) is 18.2 Å². The van der Waals surface area contributed by atoms with E-state index < -0.39 is 37.0 Å². The van der Waals surface area contributed by atoms with Gasteiger partial charge in [-0.3, -0.25) is 9.69 Å². The zero-order valence-electron chi connectivity index (χ0n) is 13.5. The van der Waals surface area contributed by atoms with Crippen molar-refractivity contribution < 1.29 is 35.5 Å². The zero-order valence-corrected chi connectivity index (χ0v) is 15.0. The molecule has 1 aromatic carbocycles. The summed E-state index contributed by atoms with van der Waals surface area (Å²) in [4.78, 5) is 13.6. The van der Waals surface area contributed by atoms with Gasteiger partial charge in [0, 0.05) is 48.3 Å². The SMILES string of the molecule is O=C(N1CCN(Cc2c(Cl)cccc2Cl)CC1)C(F)(F)C(F)(F)C(F)(F)F. The highest BCUT2D eigenvalue weighted by molar-refractivity contribution is 6.35. The molecule has 0 bridgehead atoms. The van der Waals surface area contributed by atoms with Crippen LogP contribution in [0.5, 0.6) is 0 Å². The number of amides is 1. The molecule has 12 heteroatoms. The highest BCUT2D eigenvalue weighted by atomic mass is 35.5. The molecule has 0 N–H and O–H groups in total.